The van der Waals surface area contributed by atoms with Crippen molar-refractivity contribution in [3.63, 3.8) is 0 Å². The van der Waals surface area contributed by atoms with Crippen LogP contribution in [0.4, 0.5) is 0 Å². The third-order valence-corrected chi connectivity index (χ3v) is 2.59. The zero-order valence-electron chi connectivity index (χ0n) is 11.3. The third kappa shape index (κ3) is 4.61. The van der Waals surface area contributed by atoms with Gasteiger partial charge in [0.1, 0.15) is 12.4 Å². The van der Waals surface area contributed by atoms with Crippen LogP contribution in [0.25, 0.3) is 0 Å². The molecule has 0 aromatic heterocycles. The van der Waals surface area contributed by atoms with Gasteiger partial charge >= 0.3 is 0 Å². The average molecular weight is 233 g/mol. The monoisotopic (exact) mass is 233 g/mol. The highest BCUT2D eigenvalue weighted by Crippen LogP contribution is 2.22. The van der Waals surface area contributed by atoms with Crippen molar-refractivity contribution in [2.45, 2.75) is 33.7 Å². The smallest absolute Gasteiger partial charge is 0.125 e. The van der Waals surface area contributed by atoms with E-state index < -0.39 is 0 Å². The number of para-hydroxylation sites is 1. The molecule has 1 aromatic carbocycles. The van der Waals surface area contributed by atoms with Gasteiger partial charge in [0, 0.05) is 12.6 Å². The van der Waals surface area contributed by atoms with E-state index in [1.165, 1.54) is 11.1 Å². The number of aryl methyl sites for hydroxylation is 2. The lowest BCUT2D eigenvalue weighted by molar-refractivity contribution is 0.342. The van der Waals surface area contributed by atoms with Gasteiger partial charge in [-0.3, -0.25) is 0 Å². The highest BCUT2D eigenvalue weighted by molar-refractivity contribution is 5.39. The van der Waals surface area contributed by atoms with Gasteiger partial charge in [-0.05, 0) is 30.5 Å². The van der Waals surface area contributed by atoms with Crippen molar-refractivity contribution >= 4 is 0 Å². The normalized spacial score (nSPS) is 10.6. The largest absolute Gasteiger partial charge is 0.489 e. The van der Waals surface area contributed by atoms with E-state index in [1.807, 2.05) is 6.07 Å². The van der Waals surface area contributed by atoms with Gasteiger partial charge in [0.15, 0.2) is 0 Å². The summed E-state index contributed by atoms with van der Waals surface area (Å²) in [6.45, 7) is 13.8. The number of rotatable bonds is 6. The first-order valence-electron chi connectivity index (χ1n) is 6.09. The van der Waals surface area contributed by atoms with Gasteiger partial charge < -0.3 is 10.1 Å². The average Bonchev–Trinajstić information content (AvgIpc) is 2.25. The fourth-order valence-electron chi connectivity index (χ4n) is 1.60. The van der Waals surface area contributed by atoms with Crippen LogP contribution in [-0.4, -0.2) is 19.2 Å². The van der Waals surface area contributed by atoms with Crippen LogP contribution in [0.15, 0.2) is 30.4 Å². The lowest BCUT2D eigenvalue weighted by Crippen LogP contribution is -2.26. The lowest BCUT2D eigenvalue weighted by Gasteiger charge is -2.14. The summed E-state index contributed by atoms with van der Waals surface area (Å²) in [7, 11) is 0. The molecule has 2 heteroatoms. The Balaban J connectivity index is 2.47. The Hall–Kier alpha value is -1.28. The van der Waals surface area contributed by atoms with Gasteiger partial charge in [0.2, 0.25) is 0 Å². The molecule has 0 aliphatic heterocycles. The SMILES string of the molecule is C=C(CNC(C)C)COc1c(C)cccc1C. The lowest BCUT2D eigenvalue weighted by atomic mass is 10.1. The van der Waals surface area contributed by atoms with E-state index in [0.29, 0.717) is 12.6 Å². The van der Waals surface area contributed by atoms with E-state index in [4.69, 9.17) is 4.74 Å². The van der Waals surface area contributed by atoms with Crippen molar-refractivity contribution in [1.82, 2.24) is 5.32 Å². The number of benzene rings is 1. The summed E-state index contributed by atoms with van der Waals surface area (Å²) in [5.74, 6) is 0.984. The Bertz CT molecular complexity index is 362. The maximum absolute atomic E-state index is 5.82. The predicted octanol–water partition coefficient (Wildman–Crippen LogP) is 3.24. The summed E-state index contributed by atoms with van der Waals surface area (Å²) < 4.78 is 5.82. The quantitative estimate of drug-likeness (QED) is 0.762. The number of hydrogen-bond acceptors (Lipinski definition) is 2. The molecule has 0 aliphatic rings. The Morgan fingerprint density at radius 2 is 1.88 bits per heavy atom. The maximum atomic E-state index is 5.82. The van der Waals surface area contributed by atoms with Crippen molar-refractivity contribution in [2.75, 3.05) is 13.2 Å². The molecule has 0 radical (unpaired) electrons. The Morgan fingerprint density at radius 1 is 1.29 bits per heavy atom. The molecule has 0 unspecified atom stereocenters. The minimum atomic E-state index is 0.479. The van der Waals surface area contributed by atoms with Gasteiger partial charge in [0.05, 0.1) is 0 Å². The van der Waals surface area contributed by atoms with Crippen molar-refractivity contribution in [1.29, 1.82) is 0 Å². The summed E-state index contributed by atoms with van der Waals surface area (Å²) >= 11 is 0. The zero-order chi connectivity index (χ0) is 12.8. The first-order valence-corrected chi connectivity index (χ1v) is 6.09. The van der Waals surface area contributed by atoms with Crippen LogP contribution in [-0.2, 0) is 0 Å². The van der Waals surface area contributed by atoms with Gasteiger partial charge in [0.25, 0.3) is 0 Å². The second-order valence-corrected chi connectivity index (χ2v) is 4.80. The highest BCUT2D eigenvalue weighted by atomic mass is 16.5. The van der Waals surface area contributed by atoms with Crippen LogP contribution >= 0.6 is 0 Å². The molecule has 0 fully saturated rings. The molecule has 0 atom stereocenters. The minimum absolute atomic E-state index is 0.479. The molecule has 94 valence electrons. The standard InChI is InChI=1S/C15H23NO/c1-11(2)16-9-12(3)10-17-15-13(4)7-6-8-14(15)5/h6-8,11,16H,3,9-10H2,1-2,4-5H3. The van der Waals surface area contributed by atoms with E-state index >= 15 is 0 Å². The van der Waals surface area contributed by atoms with Crippen LogP contribution < -0.4 is 10.1 Å². The topological polar surface area (TPSA) is 21.3 Å². The molecule has 0 spiro atoms. The molecule has 0 bridgehead atoms. The van der Waals surface area contributed by atoms with Crippen molar-refractivity contribution in [3.05, 3.63) is 41.5 Å². The summed E-state index contributed by atoms with van der Waals surface area (Å²) in [4.78, 5) is 0. The van der Waals surface area contributed by atoms with Crippen LogP contribution in [0.2, 0.25) is 0 Å². The molecular formula is C15H23NO. The Kier molecular flexibility index (Phi) is 5.23. The second-order valence-electron chi connectivity index (χ2n) is 4.80. The second kappa shape index (κ2) is 6.45. The molecule has 0 aliphatic carbocycles. The van der Waals surface area contributed by atoms with Crippen molar-refractivity contribution in [2.24, 2.45) is 0 Å². The summed E-state index contributed by atoms with van der Waals surface area (Å²) in [6, 6.07) is 6.66. The number of nitrogens with one attached hydrogen (secondary N) is 1. The summed E-state index contributed by atoms with van der Waals surface area (Å²) in [5, 5.41) is 3.33. The minimum Gasteiger partial charge on any atom is -0.489 e. The van der Waals surface area contributed by atoms with Crippen LogP contribution in [0.1, 0.15) is 25.0 Å². The predicted molar refractivity (Wildman–Crippen MR) is 73.7 cm³/mol. The van der Waals surface area contributed by atoms with Gasteiger partial charge in [-0.2, -0.15) is 0 Å². The van der Waals surface area contributed by atoms with Crippen molar-refractivity contribution < 1.29 is 4.74 Å². The van der Waals surface area contributed by atoms with Gasteiger partial charge in [-0.15, -0.1) is 0 Å². The van der Waals surface area contributed by atoms with Crippen LogP contribution in [0, 0.1) is 13.8 Å². The van der Waals surface area contributed by atoms with E-state index in [0.717, 1.165) is 17.9 Å². The fraction of sp³-hybridized carbons (Fsp3) is 0.467. The molecule has 0 saturated carbocycles. The molecule has 17 heavy (non-hydrogen) atoms. The van der Waals surface area contributed by atoms with E-state index in [2.05, 4.69) is 51.7 Å². The van der Waals surface area contributed by atoms with Gasteiger partial charge in [-0.25, -0.2) is 0 Å². The molecule has 1 N–H and O–H groups in total. The van der Waals surface area contributed by atoms with Crippen molar-refractivity contribution in [3.8, 4) is 5.75 Å². The third-order valence-electron chi connectivity index (χ3n) is 2.59. The maximum Gasteiger partial charge on any atom is 0.125 e. The molecule has 0 heterocycles. The van der Waals surface area contributed by atoms with E-state index in [9.17, 15) is 0 Å². The highest BCUT2D eigenvalue weighted by Gasteiger charge is 2.04. The molecule has 2 nitrogen and oxygen atoms in total. The van der Waals surface area contributed by atoms with Crippen LogP contribution in [0.5, 0.6) is 5.75 Å². The van der Waals surface area contributed by atoms with Crippen LogP contribution in [0.3, 0.4) is 0 Å². The number of hydrogen-bond donors (Lipinski definition) is 1. The molecule has 1 rings (SSSR count). The first kappa shape index (κ1) is 13.8. The van der Waals surface area contributed by atoms with E-state index in [-0.39, 0.29) is 0 Å². The first-order chi connectivity index (χ1) is 8.00. The summed E-state index contributed by atoms with van der Waals surface area (Å²) in [5.41, 5.74) is 3.42. The fourth-order valence-corrected chi connectivity index (χ4v) is 1.60. The molecule has 0 saturated heterocycles. The Labute approximate surface area is 105 Å². The molecular weight excluding hydrogens is 210 g/mol. The molecule has 1 aromatic rings. The van der Waals surface area contributed by atoms with E-state index in [1.54, 1.807) is 0 Å². The molecule has 0 amide bonds. The Morgan fingerprint density at radius 3 is 2.41 bits per heavy atom. The summed E-state index contributed by atoms with van der Waals surface area (Å²) in [6.07, 6.45) is 0. The zero-order valence-corrected chi connectivity index (χ0v) is 11.3. The number of ether oxygens (including phenoxy) is 1. The van der Waals surface area contributed by atoms with Gasteiger partial charge in [-0.1, -0.05) is 38.6 Å².